The maximum atomic E-state index is 13.3. The molecule has 6 nitrogen and oxygen atoms in total. The first kappa shape index (κ1) is 20.6. The maximum Gasteiger partial charge on any atom is 0.246 e. The number of benzene rings is 2. The van der Waals surface area contributed by atoms with Crippen LogP contribution in [-0.4, -0.2) is 40.2 Å². The van der Waals surface area contributed by atoms with Crippen LogP contribution in [0.2, 0.25) is 0 Å². The number of carbonyl (C=O) groups is 2. The van der Waals surface area contributed by atoms with E-state index in [4.69, 9.17) is 10.00 Å². The highest BCUT2D eigenvalue weighted by Gasteiger charge is 2.44. The molecule has 6 heteroatoms. The van der Waals surface area contributed by atoms with E-state index in [1.165, 1.54) is 6.42 Å². The van der Waals surface area contributed by atoms with Crippen molar-refractivity contribution >= 4 is 11.8 Å². The third-order valence-electron chi connectivity index (χ3n) is 6.98. The molecular weight excluding hydrogens is 402 g/mol. The van der Waals surface area contributed by atoms with E-state index in [0.717, 1.165) is 48.1 Å². The lowest BCUT2D eigenvalue weighted by Gasteiger charge is -2.46. The minimum atomic E-state index is -0.383. The van der Waals surface area contributed by atoms with E-state index in [9.17, 15) is 9.59 Å². The maximum absolute atomic E-state index is 13.3. The number of hydrogen-bond acceptors (Lipinski definition) is 4. The summed E-state index contributed by atoms with van der Waals surface area (Å²) in [6, 6.07) is 15.3. The molecule has 3 aliphatic rings. The number of hydrogen-bond donors (Lipinski definition) is 0. The Balaban J connectivity index is 1.30. The van der Waals surface area contributed by atoms with Gasteiger partial charge in [-0.2, -0.15) is 5.26 Å². The van der Waals surface area contributed by atoms with E-state index in [2.05, 4.69) is 6.07 Å². The summed E-state index contributed by atoms with van der Waals surface area (Å²) in [5.41, 5.74) is 3.69. The topological polar surface area (TPSA) is 73.6 Å². The first-order valence-electron chi connectivity index (χ1n) is 11.5. The average Bonchev–Trinajstić information content (AvgIpc) is 2.84. The zero-order valence-corrected chi connectivity index (χ0v) is 18.1. The van der Waals surface area contributed by atoms with Gasteiger partial charge in [-0.1, -0.05) is 37.5 Å². The van der Waals surface area contributed by atoms with Crippen LogP contribution < -0.4 is 4.74 Å². The summed E-state index contributed by atoms with van der Waals surface area (Å²) in [6.45, 7) is 1.03. The normalized spacial score (nSPS) is 21.0. The lowest BCUT2D eigenvalue weighted by Crippen LogP contribution is -2.63. The van der Waals surface area contributed by atoms with E-state index in [-0.39, 0.29) is 30.4 Å². The van der Waals surface area contributed by atoms with Gasteiger partial charge in [-0.05, 0) is 53.8 Å². The van der Waals surface area contributed by atoms with Crippen LogP contribution in [0.15, 0.2) is 42.5 Å². The molecule has 164 valence electrons. The van der Waals surface area contributed by atoms with Crippen molar-refractivity contribution in [1.82, 2.24) is 9.80 Å². The fourth-order valence-corrected chi connectivity index (χ4v) is 5.24. The molecule has 2 fully saturated rings. The number of carbonyl (C=O) groups excluding carboxylic acids is 2. The van der Waals surface area contributed by atoms with Crippen LogP contribution in [0.4, 0.5) is 0 Å². The first-order valence-corrected chi connectivity index (χ1v) is 11.5. The van der Waals surface area contributed by atoms with Gasteiger partial charge in [0.15, 0.2) is 0 Å². The smallest absolute Gasteiger partial charge is 0.246 e. The van der Waals surface area contributed by atoms with E-state index in [1.807, 2.05) is 41.3 Å². The van der Waals surface area contributed by atoms with Crippen LogP contribution in [0, 0.1) is 11.3 Å². The molecule has 2 aromatic rings. The van der Waals surface area contributed by atoms with Crippen LogP contribution in [-0.2, 0) is 29.2 Å². The summed E-state index contributed by atoms with van der Waals surface area (Å²) in [4.78, 5) is 29.9. The third kappa shape index (κ3) is 3.95. The quantitative estimate of drug-likeness (QED) is 0.745. The van der Waals surface area contributed by atoms with Crippen molar-refractivity contribution in [2.75, 3.05) is 6.54 Å². The van der Waals surface area contributed by atoms with Gasteiger partial charge in [-0.15, -0.1) is 0 Å². The third-order valence-corrected chi connectivity index (χ3v) is 6.98. The highest BCUT2D eigenvalue weighted by atomic mass is 16.5. The number of ether oxygens (including phenoxy) is 1. The fourth-order valence-electron chi connectivity index (χ4n) is 5.24. The fraction of sp³-hybridized carbons (Fsp3) is 0.423. The largest absolute Gasteiger partial charge is 0.489 e. The predicted molar refractivity (Wildman–Crippen MR) is 119 cm³/mol. The second kappa shape index (κ2) is 8.66. The highest BCUT2D eigenvalue weighted by molar-refractivity contribution is 5.95. The van der Waals surface area contributed by atoms with Gasteiger partial charge >= 0.3 is 0 Å². The SMILES string of the molecule is N#Cc1cccc(COc2ccc3c(c2)CN2C(=O)CN(C4CCCCC4)C(=O)[C@H]2C3)c1. The van der Waals surface area contributed by atoms with Crippen molar-refractivity contribution in [3.05, 3.63) is 64.7 Å². The van der Waals surface area contributed by atoms with Crippen LogP contribution in [0.1, 0.15) is 54.4 Å². The molecule has 2 amide bonds. The summed E-state index contributed by atoms with van der Waals surface area (Å²) in [7, 11) is 0. The van der Waals surface area contributed by atoms with Crippen LogP contribution >= 0.6 is 0 Å². The van der Waals surface area contributed by atoms with E-state index >= 15 is 0 Å². The zero-order chi connectivity index (χ0) is 22.1. The van der Waals surface area contributed by atoms with E-state index in [1.54, 1.807) is 11.0 Å². The minimum absolute atomic E-state index is 0.0467. The van der Waals surface area contributed by atoms with Gasteiger partial charge in [0, 0.05) is 19.0 Å². The van der Waals surface area contributed by atoms with E-state index < -0.39 is 0 Å². The van der Waals surface area contributed by atoms with Gasteiger partial charge in [0.25, 0.3) is 0 Å². The number of fused-ring (bicyclic) bond motifs is 2. The molecule has 1 saturated carbocycles. The second-order valence-electron chi connectivity index (χ2n) is 9.03. The van der Waals surface area contributed by atoms with Crippen molar-refractivity contribution in [3.63, 3.8) is 0 Å². The van der Waals surface area contributed by atoms with Gasteiger partial charge in [0.1, 0.15) is 24.9 Å². The zero-order valence-electron chi connectivity index (χ0n) is 18.1. The molecular formula is C26H27N3O3. The second-order valence-corrected chi connectivity index (χ2v) is 9.03. The summed E-state index contributed by atoms with van der Waals surface area (Å²) in [5, 5.41) is 9.05. The molecule has 2 aliphatic heterocycles. The standard InChI is InChI=1S/C26H27N3O3/c27-14-18-5-4-6-19(11-18)17-32-23-10-9-20-13-24-26(31)28(22-7-2-1-3-8-22)16-25(30)29(24)15-21(20)12-23/h4-6,9-12,22,24H,1-3,7-8,13,15-17H2/t24-/m1/s1. The molecule has 5 rings (SSSR count). The Kier molecular flexibility index (Phi) is 5.57. The minimum Gasteiger partial charge on any atom is -0.489 e. The molecule has 0 spiro atoms. The summed E-state index contributed by atoms with van der Waals surface area (Å²) < 4.78 is 5.95. The Labute approximate surface area is 188 Å². The molecule has 2 heterocycles. The summed E-state index contributed by atoms with van der Waals surface area (Å²) in [6.07, 6.45) is 6.10. The Bertz CT molecular complexity index is 1080. The van der Waals surface area contributed by atoms with Crippen molar-refractivity contribution < 1.29 is 14.3 Å². The number of nitrogens with zero attached hydrogens (tertiary/aromatic N) is 3. The predicted octanol–water partition coefficient (Wildman–Crippen LogP) is 3.57. The Morgan fingerprint density at radius 2 is 1.81 bits per heavy atom. The van der Waals surface area contributed by atoms with E-state index in [0.29, 0.717) is 25.1 Å². The lowest BCUT2D eigenvalue weighted by molar-refractivity contribution is -0.160. The average molecular weight is 430 g/mol. The van der Waals surface area contributed by atoms with Crippen LogP contribution in [0.5, 0.6) is 5.75 Å². The van der Waals surface area contributed by atoms with Gasteiger partial charge in [0.05, 0.1) is 11.6 Å². The summed E-state index contributed by atoms with van der Waals surface area (Å²) in [5.74, 6) is 0.884. The molecule has 0 bridgehead atoms. The van der Waals surface area contributed by atoms with Gasteiger partial charge < -0.3 is 14.5 Å². The highest BCUT2D eigenvalue weighted by Crippen LogP contribution is 2.32. The van der Waals surface area contributed by atoms with Crippen molar-refractivity contribution in [3.8, 4) is 11.8 Å². The first-order chi connectivity index (χ1) is 15.6. The Morgan fingerprint density at radius 1 is 0.969 bits per heavy atom. The lowest BCUT2D eigenvalue weighted by atomic mass is 9.88. The molecule has 0 N–H and O–H groups in total. The van der Waals surface area contributed by atoms with Crippen molar-refractivity contribution in [1.29, 1.82) is 5.26 Å². The van der Waals surface area contributed by atoms with Gasteiger partial charge in [-0.25, -0.2) is 0 Å². The number of amides is 2. The molecule has 2 aromatic carbocycles. The Hall–Kier alpha value is -3.33. The van der Waals surface area contributed by atoms with Crippen LogP contribution in [0.3, 0.4) is 0 Å². The van der Waals surface area contributed by atoms with Crippen LogP contribution in [0.25, 0.3) is 0 Å². The van der Waals surface area contributed by atoms with Gasteiger partial charge in [-0.3, -0.25) is 9.59 Å². The number of nitriles is 1. The van der Waals surface area contributed by atoms with Gasteiger partial charge in [0.2, 0.25) is 11.8 Å². The Morgan fingerprint density at radius 3 is 2.62 bits per heavy atom. The molecule has 1 saturated heterocycles. The van der Waals surface area contributed by atoms with Crippen molar-refractivity contribution in [2.45, 2.75) is 63.8 Å². The number of rotatable bonds is 4. The molecule has 1 atom stereocenters. The molecule has 0 aromatic heterocycles. The molecule has 0 radical (unpaired) electrons. The molecule has 1 aliphatic carbocycles. The summed E-state index contributed by atoms with van der Waals surface area (Å²) >= 11 is 0. The molecule has 32 heavy (non-hydrogen) atoms. The number of piperazine rings is 1. The van der Waals surface area contributed by atoms with Crippen molar-refractivity contribution in [2.24, 2.45) is 0 Å². The molecule has 0 unspecified atom stereocenters. The monoisotopic (exact) mass is 429 g/mol.